The molecule has 4 nitrogen and oxygen atoms in total. The Morgan fingerprint density at radius 3 is 2.83 bits per heavy atom. The fourth-order valence-electron chi connectivity index (χ4n) is 1.92. The van der Waals surface area contributed by atoms with Crippen LogP contribution < -0.4 is 10.6 Å². The molecule has 1 aromatic rings. The molecule has 1 aromatic carbocycles. The van der Waals surface area contributed by atoms with E-state index in [9.17, 15) is 9.90 Å². The normalized spacial score (nSPS) is 23.1. The highest BCUT2D eigenvalue weighted by Crippen LogP contribution is 2.20. The molecule has 2 unspecified atom stereocenters. The third kappa shape index (κ3) is 3.14. The van der Waals surface area contributed by atoms with Crippen molar-refractivity contribution in [2.24, 2.45) is 5.92 Å². The Kier molecular flexibility index (Phi) is 4.45. The van der Waals surface area contributed by atoms with E-state index >= 15 is 0 Å². The highest BCUT2D eigenvalue weighted by molar-refractivity contribution is 6.36. The molecule has 2 atom stereocenters. The van der Waals surface area contributed by atoms with Crippen LogP contribution in [0.15, 0.2) is 18.2 Å². The number of carbonyl (C=O) groups is 1. The standard InChI is InChI=1S/C12H14Cl2N2O2/c13-8-1-2-9(10(14)3-8)12(18)16-5-7-4-15-6-11(7)17/h1-3,7,11,15,17H,4-6H2,(H,16,18). The molecule has 0 aliphatic carbocycles. The lowest BCUT2D eigenvalue weighted by Gasteiger charge is -2.14. The maximum Gasteiger partial charge on any atom is 0.252 e. The molecular formula is C12H14Cl2N2O2. The number of benzene rings is 1. The smallest absolute Gasteiger partial charge is 0.252 e. The predicted octanol–water partition coefficient (Wildman–Crippen LogP) is 1.30. The molecule has 1 saturated heterocycles. The highest BCUT2D eigenvalue weighted by Gasteiger charge is 2.25. The largest absolute Gasteiger partial charge is 0.391 e. The first-order chi connectivity index (χ1) is 8.58. The van der Waals surface area contributed by atoms with Gasteiger partial charge in [-0.1, -0.05) is 23.2 Å². The molecular weight excluding hydrogens is 275 g/mol. The molecule has 0 spiro atoms. The van der Waals surface area contributed by atoms with E-state index in [-0.39, 0.29) is 11.8 Å². The molecule has 1 aliphatic rings. The van der Waals surface area contributed by atoms with Crippen molar-refractivity contribution in [2.45, 2.75) is 6.10 Å². The van der Waals surface area contributed by atoms with Crippen LogP contribution in [0.25, 0.3) is 0 Å². The van der Waals surface area contributed by atoms with Gasteiger partial charge in [0, 0.05) is 30.6 Å². The molecule has 18 heavy (non-hydrogen) atoms. The van der Waals surface area contributed by atoms with Gasteiger partial charge in [0.25, 0.3) is 5.91 Å². The second-order valence-corrected chi connectivity index (χ2v) is 5.16. The van der Waals surface area contributed by atoms with Crippen LogP contribution in [0.4, 0.5) is 0 Å². The van der Waals surface area contributed by atoms with Crippen LogP contribution in [0.5, 0.6) is 0 Å². The van der Waals surface area contributed by atoms with E-state index in [2.05, 4.69) is 10.6 Å². The van der Waals surface area contributed by atoms with Crippen LogP contribution in [0, 0.1) is 5.92 Å². The first kappa shape index (κ1) is 13.6. The van der Waals surface area contributed by atoms with Crippen molar-refractivity contribution in [3.63, 3.8) is 0 Å². The number of nitrogens with one attached hydrogen (secondary N) is 2. The van der Waals surface area contributed by atoms with Crippen molar-refractivity contribution in [1.82, 2.24) is 10.6 Å². The lowest BCUT2D eigenvalue weighted by molar-refractivity contribution is 0.0927. The van der Waals surface area contributed by atoms with Crippen molar-refractivity contribution in [3.8, 4) is 0 Å². The van der Waals surface area contributed by atoms with Gasteiger partial charge in [-0.3, -0.25) is 4.79 Å². The third-order valence-electron chi connectivity index (χ3n) is 3.00. The molecule has 1 fully saturated rings. The van der Waals surface area contributed by atoms with Gasteiger partial charge in [0.1, 0.15) is 0 Å². The minimum Gasteiger partial charge on any atom is -0.391 e. The summed E-state index contributed by atoms with van der Waals surface area (Å²) in [4.78, 5) is 11.9. The molecule has 0 bridgehead atoms. The molecule has 0 aromatic heterocycles. The second kappa shape index (κ2) is 5.89. The number of rotatable bonds is 3. The lowest BCUT2D eigenvalue weighted by atomic mass is 10.1. The summed E-state index contributed by atoms with van der Waals surface area (Å²) >= 11 is 11.7. The van der Waals surface area contributed by atoms with E-state index in [1.165, 1.54) is 6.07 Å². The number of aliphatic hydroxyl groups excluding tert-OH is 1. The van der Waals surface area contributed by atoms with Gasteiger partial charge >= 0.3 is 0 Å². The quantitative estimate of drug-likeness (QED) is 0.786. The first-order valence-electron chi connectivity index (χ1n) is 5.70. The predicted molar refractivity (Wildman–Crippen MR) is 71.2 cm³/mol. The van der Waals surface area contributed by atoms with Crippen molar-refractivity contribution in [1.29, 1.82) is 0 Å². The molecule has 2 rings (SSSR count). The first-order valence-corrected chi connectivity index (χ1v) is 6.45. The highest BCUT2D eigenvalue weighted by atomic mass is 35.5. The SMILES string of the molecule is O=C(NCC1CNCC1O)c1ccc(Cl)cc1Cl. The Morgan fingerprint density at radius 1 is 1.44 bits per heavy atom. The van der Waals surface area contributed by atoms with Crippen molar-refractivity contribution in [2.75, 3.05) is 19.6 Å². The van der Waals surface area contributed by atoms with Crippen LogP contribution in [-0.2, 0) is 0 Å². The fraction of sp³-hybridized carbons (Fsp3) is 0.417. The molecule has 3 N–H and O–H groups in total. The van der Waals surface area contributed by atoms with Crippen LogP contribution in [0.1, 0.15) is 10.4 Å². The van der Waals surface area contributed by atoms with E-state index in [4.69, 9.17) is 23.2 Å². The number of carbonyl (C=O) groups excluding carboxylic acids is 1. The van der Waals surface area contributed by atoms with Gasteiger partial charge in [-0.2, -0.15) is 0 Å². The summed E-state index contributed by atoms with van der Waals surface area (Å²) in [6.07, 6.45) is -0.411. The Morgan fingerprint density at radius 2 is 2.22 bits per heavy atom. The minimum atomic E-state index is -0.411. The van der Waals surface area contributed by atoms with Crippen molar-refractivity contribution < 1.29 is 9.90 Å². The molecule has 1 heterocycles. The maximum atomic E-state index is 11.9. The molecule has 1 aliphatic heterocycles. The van der Waals surface area contributed by atoms with Crippen molar-refractivity contribution >= 4 is 29.1 Å². The number of halogens is 2. The van der Waals surface area contributed by atoms with E-state index in [1.54, 1.807) is 12.1 Å². The Balaban J connectivity index is 1.95. The average molecular weight is 289 g/mol. The van der Waals surface area contributed by atoms with E-state index < -0.39 is 6.10 Å². The molecule has 6 heteroatoms. The number of aliphatic hydroxyl groups is 1. The Labute approximate surface area is 115 Å². The van der Waals surface area contributed by atoms with E-state index in [0.29, 0.717) is 35.2 Å². The summed E-state index contributed by atoms with van der Waals surface area (Å²) in [7, 11) is 0. The van der Waals surface area contributed by atoms with Gasteiger partial charge in [0.05, 0.1) is 16.7 Å². The zero-order chi connectivity index (χ0) is 13.1. The Bertz CT molecular complexity index is 454. The zero-order valence-corrected chi connectivity index (χ0v) is 11.1. The topological polar surface area (TPSA) is 61.4 Å². The summed E-state index contributed by atoms with van der Waals surface area (Å²) in [5.41, 5.74) is 0.390. The minimum absolute atomic E-state index is 0.0417. The maximum absolute atomic E-state index is 11.9. The summed E-state index contributed by atoms with van der Waals surface area (Å²) in [6.45, 7) is 1.70. The van der Waals surface area contributed by atoms with Gasteiger partial charge < -0.3 is 15.7 Å². The molecule has 1 amide bonds. The summed E-state index contributed by atoms with van der Waals surface area (Å²) in [6, 6.07) is 4.74. The average Bonchev–Trinajstić information content (AvgIpc) is 2.72. The Hall–Kier alpha value is -0.810. The second-order valence-electron chi connectivity index (χ2n) is 4.32. The monoisotopic (exact) mass is 288 g/mol. The van der Waals surface area contributed by atoms with Crippen LogP contribution in [0.2, 0.25) is 10.0 Å². The molecule has 0 saturated carbocycles. The van der Waals surface area contributed by atoms with Gasteiger partial charge in [-0.15, -0.1) is 0 Å². The molecule has 0 radical (unpaired) electrons. The van der Waals surface area contributed by atoms with Gasteiger partial charge in [0.15, 0.2) is 0 Å². The van der Waals surface area contributed by atoms with Crippen LogP contribution in [0.3, 0.4) is 0 Å². The zero-order valence-electron chi connectivity index (χ0n) is 9.62. The number of β-amino-alcohol motifs (C(OH)–C–C–N with tert-alkyl or cyclic N) is 1. The van der Waals surface area contributed by atoms with E-state index in [1.807, 2.05) is 0 Å². The van der Waals surface area contributed by atoms with Crippen LogP contribution in [-0.4, -0.2) is 36.8 Å². The number of hydrogen-bond donors (Lipinski definition) is 3. The number of amides is 1. The van der Waals surface area contributed by atoms with Gasteiger partial charge in [-0.25, -0.2) is 0 Å². The summed E-state index contributed by atoms with van der Waals surface area (Å²) in [5, 5.41) is 16.2. The van der Waals surface area contributed by atoms with Crippen molar-refractivity contribution in [3.05, 3.63) is 33.8 Å². The number of hydrogen-bond acceptors (Lipinski definition) is 3. The fourth-order valence-corrected chi connectivity index (χ4v) is 2.41. The summed E-state index contributed by atoms with van der Waals surface area (Å²) < 4.78 is 0. The molecule has 98 valence electrons. The van der Waals surface area contributed by atoms with E-state index in [0.717, 1.165) is 0 Å². The third-order valence-corrected chi connectivity index (χ3v) is 3.55. The van der Waals surface area contributed by atoms with Gasteiger partial charge in [-0.05, 0) is 18.2 Å². The van der Waals surface area contributed by atoms with Crippen LogP contribution >= 0.6 is 23.2 Å². The lowest BCUT2D eigenvalue weighted by Crippen LogP contribution is -2.34. The van der Waals surface area contributed by atoms with Gasteiger partial charge in [0.2, 0.25) is 0 Å². The summed E-state index contributed by atoms with van der Waals surface area (Å²) in [5.74, 6) is -0.212.